The van der Waals surface area contributed by atoms with E-state index < -0.39 is 5.97 Å². The number of ether oxygens (including phenoxy) is 1. The van der Waals surface area contributed by atoms with E-state index in [9.17, 15) is 9.59 Å². The van der Waals surface area contributed by atoms with Gasteiger partial charge >= 0.3 is 5.97 Å². The first kappa shape index (κ1) is 14.2. The van der Waals surface area contributed by atoms with Gasteiger partial charge in [0, 0.05) is 5.56 Å². The predicted octanol–water partition coefficient (Wildman–Crippen LogP) is 3.43. The van der Waals surface area contributed by atoms with Crippen LogP contribution in [0, 0.1) is 5.92 Å². The lowest BCUT2D eigenvalue weighted by Gasteiger charge is -2.21. The quantitative estimate of drug-likeness (QED) is 0.797. The van der Waals surface area contributed by atoms with Crippen LogP contribution >= 0.6 is 0 Å². The van der Waals surface area contributed by atoms with Crippen LogP contribution in [0.4, 0.5) is 5.69 Å². The second kappa shape index (κ2) is 5.56. The third-order valence-corrected chi connectivity index (χ3v) is 3.80. The number of carbonyl (C=O) groups excluding carboxylic acids is 2. The Bertz CT molecular complexity index is 778. The normalized spacial score (nSPS) is 16.7. The summed E-state index contributed by atoms with van der Waals surface area (Å²) in [5.41, 5.74) is 3.11. The highest BCUT2D eigenvalue weighted by molar-refractivity contribution is 6.23. The van der Waals surface area contributed by atoms with Crippen molar-refractivity contribution >= 4 is 23.2 Å². The minimum Gasteiger partial charge on any atom is -0.465 e. The largest absolute Gasteiger partial charge is 0.465 e. The SMILES string of the molecule is COC(=O)c1ccc2c(c1)C(=O)C(C)C(c1ccccc1)=N2. The van der Waals surface area contributed by atoms with Gasteiger partial charge in [-0.3, -0.25) is 9.79 Å². The van der Waals surface area contributed by atoms with Gasteiger partial charge in [0.2, 0.25) is 0 Å². The molecule has 2 aromatic rings. The second-order valence-corrected chi connectivity index (χ2v) is 5.17. The Morgan fingerprint density at radius 3 is 2.55 bits per heavy atom. The first-order chi connectivity index (χ1) is 10.6. The van der Waals surface area contributed by atoms with E-state index in [4.69, 9.17) is 4.74 Å². The van der Waals surface area contributed by atoms with Crippen LogP contribution in [0.25, 0.3) is 0 Å². The lowest BCUT2D eigenvalue weighted by atomic mass is 9.86. The van der Waals surface area contributed by atoms with Gasteiger partial charge in [-0.25, -0.2) is 4.79 Å². The van der Waals surface area contributed by atoms with Gasteiger partial charge in [-0.2, -0.15) is 0 Å². The number of Topliss-reactive ketones (excluding diaryl/α,β-unsaturated/α-hetero) is 1. The predicted molar refractivity (Wildman–Crippen MR) is 83.9 cm³/mol. The molecule has 3 rings (SSSR count). The first-order valence-electron chi connectivity index (χ1n) is 7.02. The van der Waals surface area contributed by atoms with Gasteiger partial charge in [-0.1, -0.05) is 30.3 Å². The number of rotatable bonds is 2. The lowest BCUT2D eigenvalue weighted by Crippen LogP contribution is -2.26. The highest BCUT2D eigenvalue weighted by Gasteiger charge is 2.29. The summed E-state index contributed by atoms with van der Waals surface area (Å²) < 4.78 is 4.69. The van der Waals surface area contributed by atoms with Gasteiger partial charge in [-0.15, -0.1) is 0 Å². The minimum absolute atomic E-state index is 0.0328. The zero-order valence-corrected chi connectivity index (χ0v) is 12.4. The molecule has 0 fully saturated rings. The van der Waals surface area contributed by atoms with Gasteiger partial charge in [0.05, 0.1) is 30.0 Å². The molecular formula is C18H15NO3. The summed E-state index contributed by atoms with van der Waals surface area (Å²) in [5, 5.41) is 0. The molecule has 1 heterocycles. The van der Waals surface area contributed by atoms with Gasteiger partial charge in [0.15, 0.2) is 5.78 Å². The molecule has 0 radical (unpaired) electrons. The number of fused-ring (bicyclic) bond motifs is 1. The lowest BCUT2D eigenvalue weighted by molar-refractivity contribution is 0.0600. The molecule has 1 aliphatic rings. The Morgan fingerprint density at radius 2 is 1.86 bits per heavy atom. The summed E-state index contributed by atoms with van der Waals surface area (Å²) in [6.07, 6.45) is 0. The number of benzene rings is 2. The van der Waals surface area contributed by atoms with E-state index in [1.54, 1.807) is 18.2 Å². The Labute approximate surface area is 128 Å². The Hall–Kier alpha value is -2.75. The molecular weight excluding hydrogens is 278 g/mol. The summed E-state index contributed by atoms with van der Waals surface area (Å²) in [6, 6.07) is 14.5. The highest BCUT2D eigenvalue weighted by atomic mass is 16.5. The fourth-order valence-electron chi connectivity index (χ4n) is 2.58. The van der Waals surface area contributed by atoms with Crippen molar-refractivity contribution in [2.75, 3.05) is 7.11 Å². The summed E-state index contributed by atoms with van der Waals surface area (Å²) in [4.78, 5) is 28.9. The molecule has 22 heavy (non-hydrogen) atoms. The van der Waals surface area contributed by atoms with Crippen LogP contribution in [0.2, 0.25) is 0 Å². The van der Waals surface area contributed by atoms with E-state index >= 15 is 0 Å². The maximum Gasteiger partial charge on any atom is 0.337 e. The number of aliphatic imine (C=N–C) groups is 1. The molecule has 1 aliphatic heterocycles. The van der Waals surface area contributed by atoms with E-state index in [1.807, 2.05) is 37.3 Å². The van der Waals surface area contributed by atoms with Crippen molar-refractivity contribution in [3.05, 3.63) is 65.2 Å². The van der Waals surface area contributed by atoms with Crippen molar-refractivity contribution in [3.8, 4) is 0 Å². The average Bonchev–Trinajstić information content (AvgIpc) is 2.57. The molecule has 0 saturated heterocycles. The number of carbonyl (C=O) groups is 2. The van der Waals surface area contributed by atoms with Crippen LogP contribution in [-0.4, -0.2) is 24.6 Å². The van der Waals surface area contributed by atoms with Crippen molar-refractivity contribution in [2.24, 2.45) is 10.9 Å². The van der Waals surface area contributed by atoms with Crippen LogP contribution < -0.4 is 0 Å². The number of nitrogens with zero attached hydrogens (tertiary/aromatic N) is 1. The van der Waals surface area contributed by atoms with Crippen LogP contribution in [-0.2, 0) is 4.74 Å². The Kier molecular flexibility index (Phi) is 3.59. The Balaban J connectivity index is 2.11. The number of ketones is 1. The number of hydrogen-bond acceptors (Lipinski definition) is 4. The van der Waals surface area contributed by atoms with Crippen molar-refractivity contribution in [2.45, 2.75) is 6.92 Å². The van der Waals surface area contributed by atoms with E-state index in [1.165, 1.54) is 7.11 Å². The van der Waals surface area contributed by atoms with Crippen molar-refractivity contribution < 1.29 is 14.3 Å². The van der Waals surface area contributed by atoms with Crippen LogP contribution in [0.5, 0.6) is 0 Å². The molecule has 0 aliphatic carbocycles. The first-order valence-corrected chi connectivity index (χ1v) is 7.02. The third kappa shape index (κ3) is 2.33. The molecule has 0 saturated carbocycles. The highest BCUT2D eigenvalue weighted by Crippen LogP contribution is 2.31. The monoisotopic (exact) mass is 293 g/mol. The Morgan fingerprint density at radius 1 is 1.14 bits per heavy atom. The summed E-state index contributed by atoms with van der Waals surface area (Å²) in [5.74, 6) is -0.835. The third-order valence-electron chi connectivity index (χ3n) is 3.80. The second-order valence-electron chi connectivity index (χ2n) is 5.17. The van der Waals surface area contributed by atoms with Crippen LogP contribution in [0.3, 0.4) is 0 Å². The van der Waals surface area contributed by atoms with Crippen molar-refractivity contribution in [3.63, 3.8) is 0 Å². The number of methoxy groups -OCH3 is 1. The molecule has 1 unspecified atom stereocenters. The van der Waals surface area contributed by atoms with Gasteiger partial charge in [0.25, 0.3) is 0 Å². The van der Waals surface area contributed by atoms with Gasteiger partial charge < -0.3 is 4.74 Å². The molecule has 1 atom stereocenters. The maximum absolute atomic E-state index is 12.6. The fraction of sp³-hybridized carbons (Fsp3) is 0.167. The van der Waals surface area contributed by atoms with E-state index in [0.717, 1.165) is 11.3 Å². The van der Waals surface area contributed by atoms with E-state index in [2.05, 4.69) is 4.99 Å². The van der Waals surface area contributed by atoms with Crippen molar-refractivity contribution in [1.82, 2.24) is 0 Å². The summed E-state index contributed by atoms with van der Waals surface area (Å²) in [6.45, 7) is 1.84. The van der Waals surface area contributed by atoms with Crippen molar-refractivity contribution in [1.29, 1.82) is 0 Å². The topological polar surface area (TPSA) is 55.7 Å². The van der Waals surface area contributed by atoms with Crippen LogP contribution in [0.15, 0.2) is 53.5 Å². The number of esters is 1. The molecule has 0 amide bonds. The van der Waals surface area contributed by atoms with Crippen LogP contribution in [0.1, 0.15) is 33.2 Å². The molecule has 0 bridgehead atoms. The standard InChI is InChI=1S/C18H15NO3/c1-11-16(12-6-4-3-5-7-12)19-15-9-8-13(18(21)22-2)10-14(15)17(11)20/h3-11H,1-2H3. The molecule has 2 aromatic carbocycles. The molecule has 0 spiro atoms. The molecule has 4 nitrogen and oxygen atoms in total. The summed E-state index contributed by atoms with van der Waals surface area (Å²) in [7, 11) is 1.32. The molecule has 0 N–H and O–H groups in total. The molecule has 4 heteroatoms. The minimum atomic E-state index is -0.457. The maximum atomic E-state index is 12.6. The molecule has 110 valence electrons. The zero-order valence-electron chi connectivity index (χ0n) is 12.4. The van der Waals surface area contributed by atoms with E-state index in [0.29, 0.717) is 16.8 Å². The molecule has 0 aromatic heterocycles. The average molecular weight is 293 g/mol. The smallest absolute Gasteiger partial charge is 0.337 e. The van der Waals surface area contributed by atoms with Gasteiger partial charge in [0.1, 0.15) is 0 Å². The van der Waals surface area contributed by atoms with Gasteiger partial charge in [-0.05, 0) is 30.7 Å². The summed E-state index contributed by atoms with van der Waals surface area (Å²) >= 11 is 0. The van der Waals surface area contributed by atoms with E-state index in [-0.39, 0.29) is 11.7 Å². The fourth-order valence-corrected chi connectivity index (χ4v) is 2.58. The number of hydrogen-bond donors (Lipinski definition) is 0. The zero-order chi connectivity index (χ0) is 15.7.